The van der Waals surface area contributed by atoms with Crippen molar-refractivity contribution in [3.63, 3.8) is 0 Å². The van der Waals surface area contributed by atoms with E-state index in [1.165, 1.54) is 16.0 Å². The maximum absolute atomic E-state index is 13.2. The van der Waals surface area contributed by atoms with Gasteiger partial charge in [0.1, 0.15) is 5.82 Å². The van der Waals surface area contributed by atoms with Gasteiger partial charge in [-0.05, 0) is 41.6 Å². The molecular weight excluding hydrogens is 271 g/mol. The number of hydrogen-bond acceptors (Lipinski definition) is 3. The summed E-state index contributed by atoms with van der Waals surface area (Å²) in [5.41, 5.74) is 2.50. The first-order valence-electron chi connectivity index (χ1n) is 7.00. The van der Waals surface area contributed by atoms with Gasteiger partial charge < -0.3 is 5.32 Å². The summed E-state index contributed by atoms with van der Waals surface area (Å²) < 4.78 is 13.2. The highest BCUT2D eigenvalue weighted by Gasteiger charge is 2.25. The molecule has 106 valence electrons. The zero-order chi connectivity index (χ0) is 13.9. The number of nitrogens with one attached hydrogen (secondary N) is 1. The highest BCUT2D eigenvalue weighted by Crippen LogP contribution is 2.34. The van der Waals surface area contributed by atoms with Gasteiger partial charge in [0.15, 0.2) is 0 Å². The molecule has 2 heterocycles. The maximum Gasteiger partial charge on any atom is 0.123 e. The Kier molecular flexibility index (Phi) is 4.15. The van der Waals surface area contributed by atoms with Gasteiger partial charge in [-0.1, -0.05) is 12.1 Å². The van der Waals surface area contributed by atoms with Crippen LogP contribution in [-0.4, -0.2) is 31.1 Å². The van der Waals surface area contributed by atoms with E-state index in [1.807, 2.05) is 12.1 Å². The van der Waals surface area contributed by atoms with Crippen LogP contribution in [0.5, 0.6) is 0 Å². The topological polar surface area (TPSA) is 15.3 Å². The number of thiophene rings is 1. The van der Waals surface area contributed by atoms with E-state index >= 15 is 0 Å². The zero-order valence-corrected chi connectivity index (χ0v) is 12.4. The molecule has 4 heteroatoms. The van der Waals surface area contributed by atoms with Crippen LogP contribution in [-0.2, 0) is 0 Å². The number of rotatable bonds is 3. The zero-order valence-electron chi connectivity index (χ0n) is 11.6. The molecule has 1 aromatic carbocycles. The van der Waals surface area contributed by atoms with Gasteiger partial charge in [0, 0.05) is 31.1 Å². The van der Waals surface area contributed by atoms with E-state index in [2.05, 4.69) is 28.6 Å². The molecule has 1 aromatic heterocycles. The molecule has 1 unspecified atom stereocenters. The number of hydrogen-bond donors (Lipinski definition) is 1. The molecule has 2 aromatic rings. The third-order valence-corrected chi connectivity index (χ3v) is 4.92. The average Bonchev–Trinajstić information content (AvgIpc) is 2.89. The van der Waals surface area contributed by atoms with Crippen molar-refractivity contribution in [3.05, 3.63) is 57.5 Å². The van der Waals surface area contributed by atoms with Crippen LogP contribution in [0, 0.1) is 12.7 Å². The second-order valence-electron chi connectivity index (χ2n) is 5.21. The minimum atomic E-state index is -0.171. The Morgan fingerprint density at radius 1 is 1.15 bits per heavy atom. The van der Waals surface area contributed by atoms with Crippen LogP contribution in [0.2, 0.25) is 0 Å². The average molecular weight is 290 g/mol. The molecule has 1 saturated heterocycles. The summed E-state index contributed by atoms with van der Waals surface area (Å²) in [7, 11) is 0. The van der Waals surface area contributed by atoms with Gasteiger partial charge in [0.05, 0.1) is 6.04 Å². The van der Waals surface area contributed by atoms with Crippen LogP contribution in [0.15, 0.2) is 35.7 Å². The van der Waals surface area contributed by atoms with Crippen molar-refractivity contribution in [3.8, 4) is 0 Å². The Labute approximate surface area is 123 Å². The van der Waals surface area contributed by atoms with Gasteiger partial charge in [0.2, 0.25) is 0 Å². The fourth-order valence-corrected chi connectivity index (χ4v) is 3.86. The fourth-order valence-electron chi connectivity index (χ4n) is 2.78. The first kappa shape index (κ1) is 13.7. The van der Waals surface area contributed by atoms with Crippen molar-refractivity contribution in [1.29, 1.82) is 0 Å². The minimum Gasteiger partial charge on any atom is -0.314 e. The molecule has 1 N–H and O–H groups in total. The van der Waals surface area contributed by atoms with Crippen LogP contribution in [0.3, 0.4) is 0 Å². The summed E-state index contributed by atoms with van der Waals surface area (Å²) in [6, 6.07) is 9.37. The van der Waals surface area contributed by atoms with E-state index in [4.69, 9.17) is 0 Å². The molecule has 3 rings (SSSR count). The first-order chi connectivity index (χ1) is 9.75. The third kappa shape index (κ3) is 2.77. The van der Waals surface area contributed by atoms with E-state index in [-0.39, 0.29) is 11.9 Å². The van der Waals surface area contributed by atoms with Gasteiger partial charge in [0.25, 0.3) is 0 Å². The highest BCUT2D eigenvalue weighted by atomic mass is 32.1. The largest absolute Gasteiger partial charge is 0.314 e. The van der Waals surface area contributed by atoms with Crippen LogP contribution >= 0.6 is 11.3 Å². The van der Waals surface area contributed by atoms with E-state index in [0.29, 0.717) is 0 Å². The van der Waals surface area contributed by atoms with Crippen molar-refractivity contribution >= 4 is 11.3 Å². The lowest BCUT2D eigenvalue weighted by Crippen LogP contribution is -2.45. The summed E-state index contributed by atoms with van der Waals surface area (Å²) in [4.78, 5) is 3.86. The predicted molar refractivity (Wildman–Crippen MR) is 81.7 cm³/mol. The van der Waals surface area contributed by atoms with Gasteiger partial charge >= 0.3 is 0 Å². The number of piperazine rings is 1. The Bertz CT molecular complexity index is 558. The minimum absolute atomic E-state index is 0.171. The second-order valence-corrected chi connectivity index (χ2v) is 6.16. The van der Waals surface area contributed by atoms with Crippen molar-refractivity contribution in [2.24, 2.45) is 0 Å². The Morgan fingerprint density at radius 2 is 1.85 bits per heavy atom. The summed E-state index contributed by atoms with van der Waals surface area (Å²) >= 11 is 1.79. The Morgan fingerprint density at radius 3 is 2.45 bits per heavy atom. The quantitative estimate of drug-likeness (QED) is 0.934. The summed E-state index contributed by atoms with van der Waals surface area (Å²) in [6.45, 7) is 6.24. The van der Waals surface area contributed by atoms with Gasteiger partial charge in [-0.3, -0.25) is 4.90 Å². The van der Waals surface area contributed by atoms with Crippen LogP contribution in [0.1, 0.15) is 22.0 Å². The standard InChI is InChI=1S/C16H19FN2S/c1-12-6-11-20-16(12)15(19-9-7-18-8-10-19)13-2-4-14(17)5-3-13/h2-6,11,15,18H,7-10H2,1H3. The van der Waals surface area contributed by atoms with E-state index in [1.54, 1.807) is 23.5 Å². The SMILES string of the molecule is Cc1ccsc1C(c1ccc(F)cc1)N1CCNCC1. The van der Waals surface area contributed by atoms with Crippen molar-refractivity contribution in [2.45, 2.75) is 13.0 Å². The van der Waals surface area contributed by atoms with Crippen LogP contribution in [0.25, 0.3) is 0 Å². The molecular formula is C16H19FN2S. The molecule has 1 aliphatic heterocycles. The predicted octanol–water partition coefficient (Wildman–Crippen LogP) is 3.19. The number of halogens is 1. The van der Waals surface area contributed by atoms with E-state index in [0.717, 1.165) is 26.2 Å². The Hall–Kier alpha value is -1.23. The second kappa shape index (κ2) is 6.04. The molecule has 0 amide bonds. The molecule has 1 aliphatic rings. The van der Waals surface area contributed by atoms with Crippen LogP contribution in [0.4, 0.5) is 4.39 Å². The molecule has 2 nitrogen and oxygen atoms in total. The fraction of sp³-hybridized carbons (Fsp3) is 0.375. The molecule has 0 saturated carbocycles. The Balaban J connectivity index is 1.98. The molecule has 1 atom stereocenters. The van der Waals surface area contributed by atoms with Crippen molar-refractivity contribution < 1.29 is 4.39 Å². The molecule has 0 aliphatic carbocycles. The summed E-state index contributed by atoms with van der Waals surface area (Å²) in [6.07, 6.45) is 0. The molecule has 0 radical (unpaired) electrons. The molecule has 1 fully saturated rings. The van der Waals surface area contributed by atoms with Crippen molar-refractivity contribution in [2.75, 3.05) is 26.2 Å². The monoisotopic (exact) mass is 290 g/mol. The van der Waals surface area contributed by atoms with Gasteiger partial charge in [-0.25, -0.2) is 4.39 Å². The van der Waals surface area contributed by atoms with Crippen molar-refractivity contribution in [1.82, 2.24) is 10.2 Å². The summed E-state index contributed by atoms with van der Waals surface area (Å²) in [5, 5.41) is 5.53. The lowest BCUT2D eigenvalue weighted by molar-refractivity contribution is 0.200. The lowest BCUT2D eigenvalue weighted by Gasteiger charge is -2.35. The first-order valence-corrected chi connectivity index (χ1v) is 7.88. The van der Waals surface area contributed by atoms with E-state index in [9.17, 15) is 4.39 Å². The number of benzene rings is 1. The smallest absolute Gasteiger partial charge is 0.123 e. The lowest BCUT2D eigenvalue weighted by atomic mass is 10.0. The number of aryl methyl sites for hydroxylation is 1. The maximum atomic E-state index is 13.2. The van der Waals surface area contributed by atoms with Gasteiger partial charge in [-0.2, -0.15) is 0 Å². The van der Waals surface area contributed by atoms with E-state index < -0.39 is 0 Å². The normalized spacial score (nSPS) is 18.1. The molecule has 0 spiro atoms. The number of nitrogens with zero attached hydrogens (tertiary/aromatic N) is 1. The summed E-state index contributed by atoms with van der Waals surface area (Å²) in [5.74, 6) is -0.171. The van der Waals surface area contributed by atoms with Crippen LogP contribution < -0.4 is 5.32 Å². The van der Waals surface area contributed by atoms with Gasteiger partial charge in [-0.15, -0.1) is 11.3 Å². The third-order valence-electron chi connectivity index (χ3n) is 3.85. The molecule has 20 heavy (non-hydrogen) atoms. The highest BCUT2D eigenvalue weighted by molar-refractivity contribution is 7.10. The molecule has 0 bridgehead atoms.